The Morgan fingerprint density at radius 3 is 1.90 bits per heavy atom. The van der Waals surface area contributed by atoms with Gasteiger partial charge in [-0.15, -0.1) is 0 Å². The first-order valence-corrected chi connectivity index (χ1v) is 7.64. The van der Waals surface area contributed by atoms with E-state index in [0.29, 0.717) is 5.75 Å². The molecule has 0 aromatic heterocycles. The molecule has 0 amide bonds. The van der Waals surface area contributed by atoms with E-state index in [0.717, 1.165) is 13.1 Å². The summed E-state index contributed by atoms with van der Waals surface area (Å²) in [6, 6.07) is 16.2. The molecule has 21 heavy (non-hydrogen) atoms. The van der Waals surface area contributed by atoms with E-state index in [9.17, 15) is 5.11 Å². The number of benzene rings is 2. The second kappa shape index (κ2) is 6.64. The number of nitrogens with one attached hydrogen (secondary N) is 1. The highest BCUT2D eigenvalue weighted by Crippen LogP contribution is 2.20. The molecule has 0 atom stereocenters. The van der Waals surface area contributed by atoms with E-state index in [-0.39, 0.29) is 0 Å². The Morgan fingerprint density at radius 2 is 1.33 bits per heavy atom. The molecule has 1 fully saturated rings. The molecule has 2 aromatic carbocycles. The van der Waals surface area contributed by atoms with Crippen LogP contribution in [0.2, 0.25) is 0 Å². The van der Waals surface area contributed by atoms with E-state index in [1.54, 1.807) is 12.1 Å². The number of rotatable bonds is 5. The molecule has 1 saturated heterocycles. The second-order valence-electron chi connectivity index (χ2n) is 5.63. The first-order chi connectivity index (χ1) is 10.3. The van der Waals surface area contributed by atoms with E-state index in [1.165, 1.54) is 42.7 Å². The quantitative estimate of drug-likeness (QED) is 0.883. The molecule has 0 aliphatic carbocycles. The van der Waals surface area contributed by atoms with Crippen LogP contribution in [0.25, 0.3) is 0 Å². The molecule has 0 bridgehead atoms. The van der Waals surface area contributed by atoms with Crippen molar-refractivity contribution in [2.24, 2.45) is 0 Å². The zero-order valence-electron chi connectivity index (χ0n) is 12.3. The third kappa shape index (κ3) is 3.76. The average Bonchev–Trinajstić information content (AvgIpc) is 3.04. The zero-order chi connectivity index (χ0) is 14.5. The Balaban J connectivity index is 1.50. The van der Waals surface area contributed by atoms with Gasteiger partial charge in [-0.3, -0.25) is 0 Å². The summed E-state index contributed by atoms with van der Waals surface area (Å²) in [5.74, 6) is 0.316. The maximum atomic E-state index is 9.25. The molecule has 3 rings (SSSR count). The summed E-state index contributed by atoms with van der Waals surface area (Å²) in [6.45, 7) is 4.06. The Labute approximate surface area is 126 Å². The molecule has 0 spiro atoms. The third-order valence-corrected chi connectivity index (χ3v) is 4.00. The molecule has 1 aliphatic rings. The number of aromatic hydroxyl groups is 1. The van der Waals surface area contributed by atoms with Gasteiger partial charge < -0.3 is 15.3 Å². The monoisotopic (exact) mass is 282 g/mol. The van der Waals surface area contributed by atoms with Crippen molar-refractivity contribution in [2.75, 3.05) is 18.0 Å². The van der Waals surface area contributed by atoms with E-state index in [2.05, 4.69) is 34.5 Å². The van der Waals surface area contributed by atoms with Crippen molar-refractivity contribution >= 4 is 5.69 Å². The van der Waals surface area contributed by atoms with Crippen LogP contribution in [-0.2, 0) is 13.1 Å². The van der Waals surface area contributed by atoms with Crippen molar-refractivity contribution in [1.29, 1.82) is 0 Å². The van der Waals surface area contributed by atoms with Gasteiger partial charge in [0.15, 0.2) is 0 Å². The Hall–Kier alpha value is -2.00. The summed E-state index contributed by atoms with van der Waals surface area (Å²) in [6.07, 6.45) is 2.63. The van der Waals surface area contributed by atoms with Crippen LogP contribution >= 0.6 is 0 Å². The summed E-state index contributed by atoms with van der Waals surface area (Å²) in [5.41, 5.74) is 3.83. The van der Waals surface area contributed by atoms with E-state index < -0.39 is 0 Å². The molecule has 0 radical (unpaired) electrons. The first kappa shape index (κ1) is 14.0. The van der Waals surface area contributed by atoms with Gasteiger partial charge in [0, 0.05) is 31.9 Å². The molecule has 1 heterocycles. The lowest BCUT2D eigenvalue weighted by atomic mass is 10.2. The van der Waals surface area contributed by atoms with Gasteiger partial charge in [0.1, 0.15) is 5.75 Å². The first-order valence-electron chi connectivity index (χ1n) is 7.64. The van der Waals surface area contributed by atoms with Crippen LogP contribution in [0, 0.1) is 0 Å². The minimum absolute atomic E-state index is 0.316. The fourth-order valence-electron chi connectivity index (χ4n) is 2.76. The number of nitrogens with zero attached hydrogens (tertiary/aromatic N) is 1. The normalized spacial score (nSPS) is 14.6. The third-order valence-electron chi connectivity index (χ3n) is 4.00. The molecule has 0 saturated carbocycles. The lowest BCUT2D eigenvalue weighted by Gasteiger charge is -2.17. The molecule has 2 N–H and O–H groups in total. The van der Waals surface area contributed by atoms with Gasteiger partial charge in [-0.25, -0.2) is 0 Å². The number of hydrogen-bond donors (Lipinski definition) is 2. The smallest absolute Gasteiger partial charge is 0.115 e. The lowest BCUT2D eigenvalue weighted by molar-refractivity contribution is 0.475. The van der Waals surface area contributed by atoms with Gasteiger partial charge in [0.25, 0.3) is 0 Å². The highest BCUT2D eigenvalue weighted by Gasteiger charge is 2.11. The Bertz CT molecular complexity index is 557. The molecule has 3 nitrogen and oxygen atoms in total. The van der Waals surface area contributed by atoms with Gasteiger partial charge in [-0.05, 0) is 48.2 Å². The van der Waals surface area contributed by atoms with Crippen molar-refractivity contribution in [3.8, 4) is 5.75 Å². The topological polar surface area (TPSA) is 35.5 Å². The average molecular weight is 282 g/mol. The van der Waals surface area contributed by atoms with E-state index in [1.807, 2.05) is 12.1 Å². The van der Waals surface area contributed by atoms with Crippen LogP contribution < -0.4 is 10.2 Å². The Kier molecular flexibility index (Phi) is 4.41. The maximum absolute atomic E-state index is 9.25. The molecule has 0 unspecified atom stereocenters. The fraction of sp³-hybridized carbons (Fsp3) is 0.333. The largest absolute Gasteiger partial charge is 0.508 e. The van der Waals surface area contributed by atoms with Crippen molar-refractivity contribution in [1.82, 2.24) is 5.32 Å². The van der Waals surface area contributed by atoms with Gasteiger partial charge in [-0.1, -0.05) is 24.3 Å². The second-order valence-corrected chi connectivity index (χ2v) is 5.63. The fourth-order valence-corrected chi connectivity index (χ4v) is 2.76. The summed E-state index contributed by atoms with van der Waals surface area (Å²) in [7, 11) is 0. The number of anilines is 1. The van der Waals surface area contributed by atoms with Crippen LogP contribution in [0.1, 0.15) is 24.0 Å². The number of hydrogen-bond acceptors (Lipinski definition) is 3. The molecule has 3 heteroatoms. The van der Waals surface area contributed by atoms with Gasteiger partial charge in [0.05, 0.1) is 0 Å². The highest BCUT2D eigenvalue weighted by molar-refractivity contribution is 5.48. The number of phenols is 1. The van der Waals surface area contributed by atoms with Gasteiger partial charge >= 0.3 is 0 Å². The molecular weight excluding hydrogens is 260 g/mol. The Morgan fingerprint density at radius 1 is 0.810 bits per heavy atom. The molecule has 2 aromatic rings. The van der Waals surface area contributed by atoms with Crippen LogP contribution in [0.3, 0.4) is 0 Å². The summed E-state index contributed by atoms with van der Waals surface area (Å²) < 4.78 is 0. The van der Waals surface area contributed by atoms with Crippen molar-refractivity contribution in [3.63, 3.8) is 0 Å². The minimum atomic E-state index is 0.316. The summed E-state index contributed by atoms with van der Waals surface area (Å²) in [5, 5.41) is 12.7. The maximum Gasteiger partial charge on any atom is 0.115 e. The van der Waals surface area contributed by atoms with Gasteiger partial charge in [0.2, 0.25) is 0 Å². The SMILES string of the molecule is Oc1ccc(CNCc2ccc(N3CCCC3)cc2)cc1. The summed E-state index contributed by atoms with van der Waals surface area (Å²) >= 11 is 0. The predicted molar refractivity (Wildman–Crippen MR) is 86.5 cm³/mol. The van der Waals surface area contributed by atoms with Crippen LogP contribution in [-0.4, -0.2) is 18.2 Å². The van der Waals surface area contributed by atoms with Crippen molar-refractivity contribution < 1.29 is 5.11 Å². The van der Waals surface area contributed by atoms with Gasteiger partial charge in [-0.2, -0.15) is 0 Å². The van der Waals surface area contributed by atoms with Crippen LogP contribution in [0.4, 0.5) is 5.69 Å². The number of phenolic OH excluding ortho intramolecular Hbond substituents is 1. The highest BCUT2D eigenvalue weighted by atomic mass is 16.3. The molecule has 1 aliphatic heterocycles. The minimum Gasteiger partial charge on any atom is -0.508 e. The molecule has 110 valence electrons. The standard InChI is InChI=1S/C18H22N2O/c21-18-9-5-16(6-10-18)14-19-13-15-3-7-17(8-4-15)20-11-1-2-12-20/h3-10,19,21H,1-2,11-14H2. The van der Waals surface area contributed by atoms with Crippen LogP contribution in [0.5, 0.6) is 5.75 Å². The summed E-state index contributed by atoms with van der Waals surface area (Å²) in [4.78, 5) is 2.45. The van der Waals surface area contributed by atoms with Crippen LogP contribution in [0.15, 0.2) is 48.5 Å². The predicted octanol–water partition coefficient (Wildman–Crippen LogP) is 3.28. The zero-order valence-corrected chi connectivity index (χ0v) is 12.3. The molecular formula is C18H22N2O. The van der Waals surface area contributed by atoms with Crippen molar-refractivity contribution in [3.05, 3.63) is 59.7 Å². The lowest BCUT2D eigenvalue weighted by Crippen LogP contribution is -2.17. The van der Waals surface area contributed by atoms with E-state index >= 15 is 0 Å². The van der Waals surface area contributed by atoms with E-state index in [4.69, 9.17) is 0 Å². The van der Waals surface area contributed by atoms with Crippen molar-refractivity contribution in [2.45, 2.75) is 25.9 Å².